The first-order valence-corrected chi connectivity index (χ1v) is 9.78. The SMILES string of the molecule is O=C1c2ccc(C(=O)N(CCO)CCO)cc2C(=O)C1c1nc2ccccc2cc1O. The van der Waals surface area contributed by atoms with Crippen LogP contribution in [0.4, 0.5) is 0 Å². The quantitative estimate of drug-likeness (QED) is 0.516. The number of aliphatic hydroxyl groups is 2. The molecule has 0 radical (unpaired) electrons. The van der Waals surface area contributed by atoms with E-state index in [1.807, 2.05) is 0 Å². The molecule has 1 aliphatic carbocycles. The second-order valence-electron chi connectivity index (χ2n) is 7.25. The number of aliphatic hydroxyl groups excluding tert-OH is 2. The fourth-order valence-electron chi connectivity index (χ4n) is 3.85. The lowest BCUT2D eigenvalue weighted by molar-refractivity contribution is 0.0684. The number of hydrogen-bond acceptors (Lipinski definition) is 7. The van der Waals surface area contributed by atoms with Crippen molar-refractivity contribution in [3.63, 3.8) is 0 Å². The molecule has 1 amide bonds. The topological polar surface area (TPSA) is 128 Å². The average molecular weight is 420 g/mol. The van der Waals surface area contributed by atoms with Crippen LogP contribution in [-0.2, 0) is 0 Å². The number of aromatic hydroxyl groups is 1. The highest BCUT2D eigenvalue weighted by molar-refractivity contribution is 6.30. The molecule has 1 unspecified atom stereocenters. The van der Waals surface area contributed by atoms with Gasteiger partial charge in [-0.2, -0.15) is 0 Å². The number of amides is 1. The van der Waals surface area contributed by atoms with E-state index in [1.165, 1.54) is 29.2 Å². The maximum Gasteiger partial charge on any atom is 0.254 e. The molecule has 158 valence electrons. The van der Waals surface area contributed by atoms with Crippen molar-refractivity contribution in [1.82, 2.24) is 9.88 Å². The third-order valence-electron chi connectivity index (χ3n) is 5.35. The van der Waals surface area contributed by atoms with Gasteiger partial charge >= 0.3 is 0 Å². The van der Waals surface area contributed by atoms with Crippen LogP contribution in [0.15, 0.2) is 48.5 Å². The Morgan fingerprint density at radius 2 is 1.61 bits per heavy atom. The van der Waals surface area contributed by atoms with Crippen molar-refractivity contribution in [1.29, 1.82) is 0 Å². The monoisotopic (exact) mass is 420 g/mol. The first-order valence-electron chi connectivity index (χ1n) is 9.78. The summed E-state index contributed by atoms with van der Waals surface area (Å²) >= 11 is 0. The van der Waals surface area contributed by atoms with Crippen LogP contribution in [0.5, 0.6) is 5.75 Å². The summed E-state index contributed by atoms with van der Waals surface area (Å²) in [5.74, 6) is -3.02. The summed E-state index contributed by atoms with van der Waals surface area (Å²) in [5, 5.41) is 29.4. The fraction of sp³-hybridized carbons (Fsp3) is 0.217. The number of Topliss-reactive ketones (excluding diaryl/α,β-unsaturated/α-hetero) is 2. The van der Waals surface area contributed by atoms with Crippen molar-refractivity contribution >= 4 is 28.4 Å². The Kier molecular flexibility index (Phi) is 5.50. The van der Waals surface area contributed by atoms with Gasteiger partial charge in [-0.25, -0.2) is 4.98 Å². The maximum atomic E-state index is 13.1. The Labute approximate surface area is 177 Å². The van der Waals surface area contributed by atoms with Gasteiger partial charge in [0.1, 0.15) is 17.4 Å². The molecule has 31 heavy (non-hydrogen) atoms. The van der Waals surface area contributed by atoms with E-state index in [4.69, 9.17) is 10.2 Å². The van der Waals surface area contributed by atoms with Crippen molar-refractivity contribution in [2.75, 3.05) is 26.3 Å². The molecule has 1 heterocycles. The molecule has 4 rings (SSSR count). The standard InChI is InChI=1S/C23H20N2O6/c26-9-7-25(8-10-27)23(31)14-5-6-15-16(11-14)22(30)19(21(15)29)20-18(28)12-13-3-1-2-4-17(13)24-20/h1-6,11-12,19,26-28H,7-10H2. The first kappa shape index (κ1) is 20.6. The molecule has 0 saturated heterocycles. The average Bonchev–Trinajstić information content (AvgIpc) is 3.02. The Balaban J connectivity index is 1.72. The number of rotatable bonds is 6. The summed E-state index contributed by atoms with van der Waals surface area (Å²) in [6.45, 7) is -0.492. The number of aromatic nitrogens is 1. The van der Waals surface area contributed by atoms with E-state index in [-0.39, 0.29) is 54.4 Å². The number of hydrogen-bond donors (Lipinski definition) is 3. The van der Waals surface area contributed by atoms with Gasteiger partial charge in [0, 0.05) is 35.2 Å². The Bertz CT molecular complexity index is 1200. The van der Waals surface area contributed by atoms with E-state index in [1.54, 1.807) is 24.3 Å². The number of benzene rings is 2. The predicted molar refractivity (Wildman–Crippen MR) is 111 cm³/mol. The molecule has 1 atom stereocenters. The van der Waals surface area contributed by atoms with Crippen molar-refractivity contribution in [2.45, 2.75) is 5.92 Å². The van der Waals surface area contributed by atoms with E-state index in [9.17, 15) is 19.5 Å². The lowest BCUT2D eigenvalue weighted by Crippen LogP contribution is -2.35. The molecule has 1 aromatic heterocycles. The Morgan fingerprint density at radius 1 is 0.935 bits per heavy atom. The van der Waals surface area contributed by atoms with Crippen LogP contribution in [0.3, 0.4) is 0 Å². The molecule has 8 heteroatoms. The molecule has 1 aliphatic rings. The summed E-state index contributed by atoms with van der Waals surface area (Å²) in [6, 6.07) is 12.7. The number of fused-ring (bicyclic) bond motifs is 2. The number of nitrogens with zero attached hydrogens (tertiary/aromatic N) is 2. The first-order chi connectivity index (χ1) is 15.0. The van der Waals surface area contributed by atoms with Gasteiger partial charge in [0.25, 0.3) is 5.91 Å². The third kappa shape index (κ3) is 3.56. The van der Waals surface area contributed by atoms with Gasteiger partial charge in [-0.3, -0.25) is 14.4 Å². The van der Waals surface area contributed by atoms with Crippen LogP contribution in [0.1, 0.15) is 42.7 Å². The van der Waals surface area contributed by atoms with Gasteiger partial charge < -0.3 is 20.2 Å². The van der Waals surface area contributed by atoms with Crippen molar-refractivity contribution in [2.24, 2.45) is 0 Å². The third-order valence-corrected chi connectivity index (χ3v) is 5.35. The molecule has 0 fully saturated rings. The Morgan fingerprint density at radius 3 is 2.32 bits per heavy atom. The molecule has 0 aliphatic heterocycles. The smallest absolute Gasteiger partial charge is 0.254 e. The minimum absolute atomic E-state index is 0.0139. The molecule has 0 saturated carbocycles. The summed E-state index contributed by atoms with van der Waals surface area (Å²) in [7, 11) is 0. The molecule has 3 aromatic rings. The zero-order chi connectivity index (χ0) is 22.1. The zero-order valence-corrected chi connectivity index (χ0v) is 16.5. The molecular formula is C23H20N2O6. The van der Waals surface area contributed by atoms with E-state index in [2.05, 4.69) is 4.98 Å². The number of carbonyl (C=O) groups is 3. The predicted octanol–water partition coefficient (Wildman–Crippen LogP) is 1.53. The highest BCUT2D eigenvalue weighted by Gasteiger charge is 2.42. The van der Waals surface area contributed by atoms with E-state index in [0.29, 0.717) is 10.9 Å². The van der Waals surface area contributed by atoms with Crippen molar-refractivity contribution in [3.8, 4) is 5.75 Å². The highest BCUT2D eigenvalue weighted by Crippen LogP contribution is 2.38. The summed E-state index contributed by atoms with van der Waals surface area (Å²) in [5.41, 5.74) is 0.949. The lowest BCUT2D eigenvalue weighted by Gasteiger charge is -2.20. The number of pyridine rings is 1. The van der Waals surface area contributed by atoms with Crippen LogP contribution >= 0.6 is 0 Å². The summed E-state index contributed by atoms with van der Waals surface area (Å²) < 4.78 is 0. The van der Waals surface area contributed by atoms with E-state index < -0.39 is 23.4 Å². The van der Waals surface area contributed by atoms with Gasteiger partial charge in [0.15, 0.2) is 11.6 Å². The van der Waals surface area contributed by atoms with Gasteiger partial charge in [-0.15, -0.1) is 0 Å². The molecule has 2 aromatic carbocycles. The van der Waals surface area contributed by atoms with Crippen molar-refractivity contribution in [3.05, 3.63) is 70.9 Å². The molecule has 0 bridgehead atoms. The van der Waals surface area contributed by atoms with Crippen LogP contribution in [0.25, 0.3) is 10.9 Å². The molecular weight excluding hydrogens is 400 g/mol. The number of para-hydroxylation sites is 1. The number of ketones is 2. The summed E-state index contributed by atoms with van der Waals surface area (Å²) in [4.78, 5) is 44.4. The zero-order valence-electron chi connectivity index (χ0n) is 16.5. The largest absolute Gasteiger partial charge is 0.506 e. The van der Waals surface area contributed by atoms with Crippen LogP contribution in [0.2, 0.25) is 0 Å². The van der Waals surface area contributed by atoms with Crippen LogP contribution in [0, 0.1) is 0 Å². The summed E-state index contributed by atoms with van der Waals surface area (Å²) in [6.07, 6.45) is 0. The van der Waals surface area contributed by atoms with E-state index >= 15 is 0 Å². The van der Waals surface area contributed by atoms with Gasteiger partial charge in [0.2, 0.25) is 0 Å². The minimum Gasteiger partial charge on any atom is -0.506 e. The Hall–Kier alpha value is -3.62. The van der Waals surface area contributed by atoms with Crippen LogP contribution < -0.4 is 0 Å². The van der Waals surface area contributed by atoms with E-state index in [0.717, 1.165) is 0 Å². The van der Waals surface area contributed by atoms with Crippen molar-refractivity contribution < 1.29 is 29.7 Å². The minimum atomic E-state index is -1.28. The normalized spacial score (nSPS) is 15.4. The second kappa shape index (κ2) is 8.25. The highest BCUT2D eigenvalue weighted by atomic mass is 16.3. The van der Waals surface area contributed by atoms with Gasteiger partial charge in [-0.05, 0) is 30.3 Å². The lowest BCUT2D eigenvalue weighted by atomic mass is 9.97. The molecule has 0 spiro atoms. The molecule has 8 nitrogen and oxygen atoms in total. The van der Waals surface area contributed by atoms with Gasteiger partial charge in [-0.1, -0.05) is 18.2 Å². The van der Waals surface area contributed by atoms with Crippen LogP contribution in [-0.4, -0.2) is 69.0 Å². The second-order valence-corrected chi connectivity index (χ2v) is 7.25. The van der Waals surface area contributed by atoms with Gasteiger partial charge in [0.05, 0.1) is 18.7 Å². The maximum absolute atomic E-state index is 13.1. The fourth-order valence-corrected chi connectivity index (χ4v) is 3.85. The number of carbonyl (C=O) groups excluding carboxylic acids is 3. The molecule has 3 N–H and O–H groups in total.